The minimum atomic E-state index is -0.417. The zero-order valence-corrected chi connectivity index (χ0v) is 11.4. The Morgan fingerprint density at radius 1 is 1.32 bits per heavy atom. The summed E-state index contributed by atoms with van der Waals surface area (Å²) in [5, 5.41) is 0. The predicted octanol–water partition coefficient (Wildman–Crippen LogP) is 2.59. The molecule has 0 aliphatic carbocycles. The fraction of sp³-hybridized carbons (Fsp3) is 0.400. The third kappa shape index (κ3) is 6.06. The molecule has 1 unspecified atom stereocenters. The van der Waals surface area contributed by atoms with Crippen LogP contribution in [-0.4, -0.2) is 31.9 Å². The van der Waals surface area contributed by atoms with Gasteiger partial charge in [-0.3, -0.25) is 0 Å². The summed E-state index contributed by atoms with van der Waals surface area (Å²) in [7, 11) is 0. The Bertz CT molecular complexity index is 400. The predicted molar refractivity (Wildman–Crippen MR) is 73.1 cm³/mol. The Morgan fingerprint density at radius 2 is 2.00 bits per heavy atom. The quantitative estimate of drug-likeness (QED) is 0.535. The van der Waals surface area contributed by atoms with E-state index < -0.39 is 5.97 Å². The van der Waals surface area contributed by atoms with Crippen molar-refractivity contribution in [1.29, 1.82) is 0 Å². The Hall–Kier alpha value is -1.81. The van der Waals surface area contributed by atoms with E-state index in [0.29, 0.717) is 18.8 Å². The molecule has 0 saturated carbocycles. The van der Waals surface area contributed by atoms with Crippen LogP contribution in [0.25, 0.3) is 0 Å². The van der Waals surface area contributed by atoms with Crippen LogP contribution in [0.2, 0.25) is 0 Å². The van der Waals surface area contributed by atoms with E-state index in [4.69, 9.17) is 14.2 Å². The van der Waals surface area contributed by atoms with Crippen molar-refractivity contribution in [3.63, 3.8) is 0 Å². The van der Waals surface area contributed by atoms with Gasteiger partial charge in [-0.2, -0.15) is 0 Å². The molecule has 104 valence electrons. The molecule has 19 heavy (non-hydrogen) atoms. The summed E-state index contributed by atoms with van der Waals surface area (Å²) in [4.78, 5) is 11.3. The smallest absolute Gasteiger partial charge is 0.335 e. The number of para-hydroxylation sites is 1. The molecule has 0 aromatic heterocycles. The van der Waals surface area contributed by atoms with Crippen LogP contribution < -0.4 is 4.74 Å². The minimum Gasteiger partial charge on any atom is -0.488 e. The molecular weight excluding hydrogens is 244 g/mol. The Balaban J connectivity index is 2.22. The normalized spacial score (nSPS) is 11.7. The van der Waals surface area contributed by atoms with E-state index in [1.807, 2.05) is 37.3 Å². The van der Waals surface area contributed by atoms with E-state index in [9.17, 15) is 4.79 Å². The molecule has 0 bridgehead atoms. The summed E-state index contributed by atoms with van der Waals surface area (Å²) in [6.07, 6.45) is -0.0996. The summed E-state index contributed by atoms with van der Waals surface area (Å²) in [5.41, 5.74) is 0.314. The lowest BCUT2D eigenvalue weighted by Gasteiger charge is -2.15. The number of hydrogen-bond donors (Lipinski definition) is 0. The van der Waals surface area contributed by atoms with Crippen molar-refractivity contribution in [3.8, 4) is 5.75 Å². The molecule has 0 heterocycles. The highest BCUT2D eigenvalue weighted by atomic mass is 16.5. The number of rotatable bonds is 8. The number of esters is 1. The molecule has 0 spiro atoms. The maximum absolute atomic E-state index is 11.3. The summed E-state index contributed by atoms with van der Waals surface area (Å²) in [6, 6.07) is 9.51. The van der Waals surface area contributed by atoms with Gasteiger partial charge in [-0.25, -0.2) is 4.79 Å². The van der Waals surface area contributed by atoms with E-state index in [1.54, 1.807) is 6.92 Å². The average Bonchev–Trinajstić information content (AvgIpc) is 2.40. The zero-order valence-electron chi connectivity index (χ0n) is 11.4. The van der Waals surface area contributed by atoms with Crippen LogP contribution in [0, 0.1) is 0 Å². The van der Waals surface area contributed by atoms with E-state index in [0.717, 1.165) is 5.75 Å². The van der Waals surface area contributed by atoms with Gasteiger partial charge in [0.15, 0.2) is 0 Å². The van der Waals surface area contributed by atoms with Gasteiger partial charge in [0.2, 0.25) is 0 Å². The van der Waals surface area contributed by atoms with Gasteiger partial charge in [0.05, 0.1) is 25.4 Å². The lowest BCUT2D eigenvalue weighted by molar-refractivity contribution is -0.139. The lowest BCUT2D eigenvalue weighted by atomic mass is 10.3. The number of ether oxygens (including phenoxy) is 3. The number of benzene rings is 1. The second-order valence-corrected chi connectivity index (χ2v) is 4.08. The maximum atomic E-state index is 11.3. The largest absolute Gasteiger partial charge is 0.488 e. The van der Waals surface area contributed by atoms with Crippen molar-refractivity contribution in [1.82, 2.24) is 0 Å². The molecule has 1 atom stereocenters. The highest BCUT2D eigenvalue weighted by molar-refractivity contribution is 5.87. The molecule has 0 fully saturated rings. The van der Waals surface area contributed by atoms with E-state index in [1.165, 1.54) is 0 Å². The third-order valence-electron chi connectivity index (χ3n) is 2.27. The molecule has 1 rings (SSSR count). The molecule has 4 heteroatoms. The summed E-state index contributed by atoms with van der Waals surface area (Å²) in [5.74, 6) is 0.377. The first-order valence-corrected chi connectivity index (χ1v) is 6.27. The van der Waals surface area contributed by atoms with Crippen LogP contribution in [0.5, 0.6) is 5.75 Å². The molecule has 0 aliphatic rings. The standard InChI is InChI=1S/C15H20O4/c1-4-18-15(16)12(2)10-17-11-13(3)19-14-8-6-5-7-9-14/h5-9,13H,2,4,10-11H2,1,3H3. The van der Waals surface area contributed by atoms with Crippen molar-refractivity contribution >= 4 is 5.97 Å². The van der Waals surface area contributed by atoms with Gasteiger partial charge in [0.1, 0.15) is 11.9 Å². The fourth-order valence-corrected chi connectivity index (χ4v) is 1.41. The first-order valence-electron chi connectivity index (χ1n) is 6.27. The third-order valence-corrected chi connectivity index (χ3v) is 2.27. The lowest BCUT2D eigenvalue weighted by Crippen LogP contribution is -2.21. The molecular formula is C15H20O4. The van der Waals surface area contributed by atoms with Crippen LogP contribution in [-0.2, 0) is 14.3 Å². The van der Waals surface area contributed by atoms with Crippen LogP contribution >= 0.6 is 0 Å². The first kappa shape index (κ1) is 15.2. The molecule has 1 aromatic rings. The van der Waals surface area contributed by atoms with E-state index in [-0.39, 0.29) is 12.7 Å². The molecule has 0 N–H and O–H groups in total. The van der Waals surface area contributed by atoms with E-state index in [2.05, 4.69) is 6.58 Å². The first-order chi connectivity index (χ1) is 9.13. The second-order valence-electron chi connectivity index (χ2n) is 4.08. The van der Waals surface area contributed by atoms with Crippen molar-refractivity contribution < 1.29 is 19.0 Å². The average molecular weight is 264 g/mol. The van der Waals surface area contributed by atoms with Crippen LogP contribution in [0.1, 0.15) is 13.8 Å². The molecule has 0 amide bonds. The van der Waals surface area contributed by atoms with Gasteiger partial charge >= 0.3 is 5.97 Å². The van der Waals surface area contributed by atoms with Gasteiger partial charge in [-0.05, 0) is 26.0 Å². The highest BCUT2D eigenvalue weighted by Crippen LogP contribution is 2.11. The SMILES string of the molecule is C=C(COCC(C)Oc1ccccc1)C(=O)OCC. The summed E-state index contributed by atoms with van der Waals surface area (Å²) >= 11 is 0. The molecule has 1 aromatic carbocycles. The van der Waals surface area contributed by atoms with Crippen molar-refractivity contribution in [2.75, 3.05) is 19.8 Å². The van der Waals surface area contributed by atoms with Gasteiger partial charge < -0.3 is 14.2 Å². The van der Waals surface area contributed by atoms with Crippen molar-refractivity contribution in [2.45, 2.75) is 20.0 Å². The van der Waals surface area contributed by atoms with Gasteiger partial charge in [0, 0.05) is 0 Å². The number of carbonyl (C=O) groups excluding carboxylic acids is 1. The molecule has 0 aliphatic heterocycles. The topological polar surface area (TPSA) is 44.8 Å². The van der Waals surface area contributed by atoms with Crippen LogP contribution in [0.4, 0.5) is 0 Å². The number of carbonyl (C=O) groups is 1. The molecule has 0 radical (unpaired) electrons. The minimum absolute atomic E-state index is 0.0996. The van der Waals surface area contributed by atoms with Crippen LogP contribution in [0.15, 0.2) is 42.5 Å². The number of hydrogen-bond acceptors (Lipinski definition) is 4. The molecule has 0 saturated heterocycles. The summed E-state index contributed by atoms with van der Waals surface area (Å²) in [6.45, 7) is 8.14. The summed E-state index contributed by atoms with van der Waals surface area (Å²) < 4.78 is 15.8. The monoisotopic (exact) mass is 264 g/mol. The van der Waals surface area contributed by atoms with Gasteiger partial charge in [-0.15, -0.1) is 0 Å². The van der Waals surface area contributed by atoms with Gasteiger partial charge in [-0.1, -0.05) is 24.8 Å². The zero-order chi connectivity index (χ0) is 14.1. The van der Waals surface area contributed by atoms with Gasteiger partial charge in [0.25, 0.3) is 0 Å². The van der Waals surface area contributed by atoms with E-state index >= 15 is 0 Å². The molecule has 4 nitrogen and oxygen atoms in total. The Morgan fingerprint density at radius 3 is 2.63 bits per heavy atom. The second kappa shape index (κ2) is 8.32. The highest BCUT2D eigenvalue weighted by Gasteiger charge is 2.09. The van der Waals surface area contributed by atoms with Crippen molar-refractivity contribution in [2.24, 2.45) is 0 Å². The maximum Gasteiger partial charge on any atom is 0.335 e. The Kier molecular flexibility index (Phi) is 6.68. The Labute approximate surface area is 114 Å². The fourth-order valence-electron chi connectivity index (χ4n) is 1.41. The van der Waals surface area contributed by atoms with Crippen molar-refractivity contribution in [3.05, 3.63) is 42.5 Å². The van der Waals surface area contributed by atoms with Crippen LogP contribution in [0.3, 0.4) is 0 Å².